The van der Waals surface area contributed by atoms with Crippen molar-refractivity contribution >= 4 is 27.3 Å². The minimum absolute atomic E-state index is 0.0132. The molecule has 0 spiro atoms. The lowest BCUT2D eigenvalue weighted by Crippen LogP contribution is -2.39. The number of ether oxygens (including phenoxy) is 1. The summed E-state index contributed by atoms with van der Waals surface area (Å²) in [7, 11) is -3.39. The van der Waals surface area contributed by atoms with Gasteiger partial charge >= 0.3 is 0 Å². The molecule has 1 heterocycles. The highest BCUT2D eigenvalue weighted by atomic mass is 35.5. The molecule has 2 rings (SSSR count). The van der Waals surface area contributed by atoms with E-state index in [1.807, 2.05) is 4.90 Å². The number of hydrogen-bond donors (Lipinski definition) is 0. The van der Waals surface area contributed by atoms with Crippen LogP contribution in [0.15, 0.2) is 29.2 Å². The first-order chi connectivity index (χ1) is 12.4. The van der Waals surface area contributed by atoms with Crippen LogP contribution in [0.5, 0.6) is 0 Å². The highest BCUT2D eigenvalue weighted by Crippen LogP contribution is 2.20. The van der Waals surface area contributed by atoms with Gasteiger partial charge in [-0.3, -0.25) is 4.79 Å². The first-order valence-corrected chi connectivity index (χ1v) is 10.7. The van der Waals surface area contributed by atoms with Crippen molar-refractivity contribution in [1.82, 2.24) is 4.90 Å². The molecule has 1 fully saturated rings. The van der Waals surface area contributed by atoms with Crippen LogP contribution in [-0.2, 0) is 19.4 Å². The minimum Gasteiger partial charge on any atom is -0.369 e. The Labute approximate surface area is 160 Å². The topological polar surface area (TPSA) is 63.7 Å². The lowest BCUT2D eigenvalue weighted by molar-refractivity contribution is -0.132. The smallest absolute Gasteiger partial charge is 0.222 e. The molecular formula is C19H24ClNO4S. The molecule has 0 N–H and O–H groups in total. The quantitative estimate of drug-likeness (QED) is 0.499. The maximum absolute atomic E-state index is 12.3. The standard InChI is InChI=1S/C19H24ClNO4S/c1-2-13-25-15-16-9-11-21(12-10-16)19(22)4-3-14-26(23,24)18-7-5-17(20)6-8-18/h1,5-8,16H,3-4,9-15H2. The summed E-state index contributed by atoms with van der Waals surface area (Å²) < 4.78 is 29.9. The van der Waals surface area contributed by atoms with Gasteiger partial charge in [0.25, 0.3) is 0 Å². The minimum atomic E-state index is -3.39. The molecule has 5 nitrogen and oxygen atoms in total. The van der Waals surface area contributed by atoms with Crippen molar-refractivity contribution in [2.24, 2.45) is 5.92 Å². The fourth-order valence-corrected chi connectivity index (χ4v) is 4.40. The van der Waals surface area contributed by atoms with Crippen molar-refractivity contribution in [3.05, 3.63) is 29.3 Å². The van der Waals surface area contributed by atoms with Gasteiger partial charge in [0.1, 0.15) is 6.61 Å². The predicted octanol–water partition coefficient (Wildman–Crippen LogP) is 2.78. The van der Waals surface area contributed by atoms with E-state index < -0.39 is 9.84 Å². The Morgan fingerprint density at radius 2 is 1.92 bits per heavy atom. The van der Waals surface area contributed by atoms with Crippen molar-refractivity contribution in [3.63, 3.8) is 0 Å². The molecule has 1 aliphatic heterocycles. The molecule has 0 unspecified atom stereocenters. The first kappa shape index (κ1) is 20.8. The number of hydrogen-bond acceptors (Lipinski definition) is 4. The fraction of sp³-hybridized carbons (Fsp3) is 0.526. The third-order valence-electron chi connectivity index (χ3n) is 4.48. The van der Waals surface area contributed by atoms with E-state index in [-0.39, 0.29) is 23.0 Å². The number of terminal acetylenes is 1. The fourth-order valence-electron chi connectivity index (χ4n) is 2.96. The molecule has 142 valence electrons. The molecule has 1 aromatic carbocycles. The highest BCUT2D eigenvalue weighted by molar-refractivity contribution is 7.91. The Bertz CT molecular complexity index is 732. The summed E-state index contributed by atoms with van der Waals surface area (Å²) in [6.45, 7) is 2.33. The average molecular weight is 398 g/mol. The number of sulfone groups is 1. The number of piperidine rings is 1. The zero-order valence-electron chi connectivity index (χ0n) is 14.7. The maximum Gasteiger partial charge on any atom is 0.222 e. The third kappa shape index (κ3) is 6.31. The zero-order valence-corrected chi connectivity index (χ0v) is 16.3. The van der Waals surface area contributed by atoms with Crippen molar-refractivity contribution in [2.75, 3.05) is 32.1 Å². The number of likely N-dealkylation sites (tertiary alicyclic amines) is 1. The van der Waals surface area contributed by atoms with Gasteiger partial charge < -0.3 is 9.64 Å². The van der Waals surface area contributed by atoms with Crippen LogP contribution in [-0.4, -0.2) is 51.3 Å². The summed E-state index contributed by atoms with van der Waals surface area (Å²) in [6.07, 6.45) is 7.48. The Kier molecular flexibility index (Phi) is 7.95. The number of carbonyl (C=O) groups is 1. The van der Waals surface area contributed by atoms with Gasteiger partial charge in [-0.25, -0.2) is 8.42 Å². The van der Waals surface area contributed by atoms with Crippen molar-refractivity contribution < 1.29 is 17.9 Å². The molecular weight excluding hydrogens is 374 g/mol. The Morgan fingerprint density at radius 3 is 2.54 bits per heavy atom. The molecule has 1 saturated heterocycles. The number of benzene rings is 1. The van der Waals surface area contributed by atoms with Crippen LogP contribution in [0.4, 0.5) is 0 Å². The van der Waals surface area contributed by atoms with Crippen LogP contribution in [0.2, 0.25) is 5.02 Å². The Morgan fingerprint density at radius 1 is 1.27 bits per heavy atom. The van der Waals surface area contributed by atoms with Gasteiger partial charge in [0.15, 0.2) is 9.84 Å². The average Bonchev–Trinajstić information content (AvgIpc) is 2.62. The normalized spacial score (nSPS) is 15.6. The molecule has 0 aliphatic carbocycles. The Balaban J connectivity index is 1.72. The van der Waals surface area contributed by atoms with Gasteiger partial charge in [0.2, 0.25) is 5.91 Å². The van der Waals surface area contributed by atoms with E-state index in [1.165, 1.54) is 12.1 Å². The van der Waals surface area contributed by atoms with Crippen LogP contribution in [0.25, 0.3) is 0 Å². The number of amides is 1. The van der Waals surface area contributed by atoms with Crippen LogP contribution < -0.4 is 0 Å². The lowest BCUT2D eigenvalue weighted by Gasteiger charge is -2.31. The van der Waals surface area contributed by atoms with E-state index in [0.717, 1.165) is 12.8 Å². The largest absolute Gasteiger partial charge is 0.369 e. The molecule has 0 radical (unpaired) electrons. The first-order valence-electron chi connectivity index (χ1n) is 8.69. The summed E-state index contributed by atoms with van der Waals surface area (Å²) in [5.74, 6) is 2.84. The molecule has 0 bridgehead atoms. The molecule has 1 amide bonds. The highest BCUT2D eigenvalue weighted by Gasteiger charge is 2.23. The van der Waals surface area contributed by atoms with E-state index in [1.54, 1.807) is 12.1 Å². The summed E-state index contributed by atoms with van der Waals surface area (Å²) >= 11 is 5.78. The zero-order chi connectivity index (χ0) is 19.0. The van der Waals surface area contributed by atoms with Gasteiger partial charge in [-0.15, -0.1) is 6.42 Å². The summed E-state index contributed by atoms with van der Waals surface area (Å²) in [5.41, 5.74) is 0. The summed E-state index contributed by atoms with van der Waals surface area (Å²) in [5, 5.41) is 0.493. The van der Waals surface area contributed by atoms with Gasteiger partial charge in [0.05, 0.1) is 17.3 Å². The number of rotatable bonds is 8. The Hall–Kier alpha value is -1.55. The van der Waals surface area contributed by atoms with Crippen LogP contribution in [0, 0.1) is 18.3 Å². The number of halogens is 1. The van der Waals surface area contributed by atoms with E-state index in [4.69, 9.17) is 22.8 Å². The van der Waals surface area contributed by atoms with Crippen molar-refractivity contribution in [3.8, 4) is 12.3 Å². The lowest BCUT2D eigenvalue weighted by atomic mass is 9.97. The second-order valence-electron chi connectivity index (χ2n) is 6.42. The monoisotopic (exact) mass is 397 g/mol. The number of carbonyl (C=O) groups excluding carboxylic acids is 1. The third-order valence-corrected chi connectivity index (χ3v) is 6.55. The molecule has 0 saturated carbocycles. The SMILES string of the molecule is C#CCOCC1CCN(C(=O)CCCS(=O)(=O)c2ccc(Cl)cc2)CC1. The molecule has 7 heteroatoms. The van der Waals surface area contributed by atoms with Crippen molar-refractivity contribution in [2.45, 2.75) is 30.6 Å². The van der Waals surface area contributed by atoms with E-state index in [0.29, 0.717) is 43.7 Å². The van der Waals surface area contributed by atoms with Crippen molar-refractivity contribution in [1.29, 1.82) is 0 Å². The van der Waals surface area contributed by atoms with Gasteiger partial charge in [-0.05, 0) is 49.4 Å². The van der Waals surface area contributed by atoms with Crippen LogP contribution >= 0.6 is 11.6 Å². The van der Waals surface area contributed by atoms with Gasteiger partial charge in [-0.2, -0.15) is 0 Å². The number of nitrogens with zero attached hydrogens (tertiary/aromatic N) is 1. The van der Waals surface area contributed by atoms with Crippen LogP contribution in [0.1, 0.15) is 25.7 Å². The van der Waals surface area contributed by atoms with E-state index in [2.05, 4.69) is 5.92 Å². The second-order valence-corrected chi connectivity index (χ2v) is 8.97. The molecule has 0 atom stereocenters. The van der Waals surface area contributed by atoms with E-state index in [9.17, 15) is 13.2 Å². The van der Waals surface area contributed by atoms with Crippen LogP contribution in [0.3, 0.4) is 0 Å². The predicted molar refractivity (Wildman–Crippen MR) is 102 cm³/mol. The summed E-state index contributed by atoms with van der Waals surface area (Å²) in [6, 6.07) is 6.09. The summed E-state index contributed by atoms with van der Waals surface area (Å²) in [4.78, 5) is 14.3. The molecule has 0 aromatic heterocycles. The van der Waals surface area contributed by atoms with Gasteiger partial charge in [-0.1, -0.05) is 17.5 Å². The second kappa shape index (κ2) is 9.96. The molecule has 26 heavy (non-hydrogen) atoms. The van der Waals surface area contributed by atoms with E-state index >= 15 is 0 Å². The van der Waals surface area contributed by atoms with Gasteiger partial charge in [0, 0.05) is 24.5 Å². The maximum atomic E-state index is 12.3. The molecule has 1 aliphatic rings. The molecule has 1 aromatic rings.